The van der Waals surface area contributed by atoms with Gasteiger partial charge in [0.15, 0.2) is 0 Å². The van der Waals surface area contributed by atoms with E-state index < -0.39 is 0 Å². The third kappa shape index (κ3) is 4.85. The second kappa shape index (κ2) is 8.57. The summed E-state index contributed by atoms with van der Waals surface area (Å²) in [5.41, 5.74) is 3.68. The lowest BCUT2D eigenvalue weighted by Crippen LogP contribution is -1.84. The minimum Gasteiger partial charge on any atom is -0.275 e. The molecular weight excluding hydrogens is 208 g/mol. The van der Waals surface area contributed by atoms with Gasteiger partial charge in [-0.15, -0.1) is 0 Å². The molecule has 2 nitrogen and oxygen atoms in total. The van der Waals surface area contributed by atoms with Crippen molar-refractivity contribution in [3.63, 3.8) is 0 Å². The molecule has 0 unspecified atom stereocenters. The van der Waals surface area contributed by atoms with E-state index in [1.54, 1.807) is 0 Å². The first-order chi connectivity index (χ1) is 8.25. The molecule has 0 amide bonds. The highest BCUT2D eigenvalue weighted by Gasteiger charge is 1.98. The molecule has 0 saturated heterocycles. The fraction of sp³-hybridized carbons (Fsp3) is 0.400. The van der Waals surface area contributed by atoms with Gasteiger partial charge in [-0.2, -0.15) is 5.10 Å². The maximum absolute atomic E-state index is 4.14. The minimum absolute atomic E-state index is 1.17. The molecule has 0 aliphatic rings. The minimum atomic E-state index is 1.17. The van der Waals surface area contributed by atoms with Crippen molar-refractivity contribution in [3.8, 4) is 11.1 Å². The zero-order chi connectivity index (χ0) is 13.3. The fourth-order valence-electron chi connectivity index (χ4n) is 1.39. The van der Waals surface area contributed by atoms with E-state index in [4.69, 9.17) is 0 Å². The van der Waals surface area contributed by atoms with E-state index in [2.05, 4.69) is 36.3 Å². The van der Waals surface area contributed by atoms with Gasteiger partial charge in [0.1, 0.15) is 0 Å². The maximum Gasteiger partial charge on any atom is 0.0568 e. The largest absolute Gasteiger partial charge is 0.275 e. The van der Waals surface area contributed by atoms with Crippen LogP contribution in [0.2, 0.25) is 0 Å². The van der Waals surface area contributed by atoms with Crippen LogP contribution in [0.15, 0.2) is 36.7 Å². The zero-order valence-corrected chi connectivity index (χ0v) is 11.9. The molecule has 1 aromatic heterocycles. The maximum atomic E-state index is 4.14. The Morgan fingerprint density at radius 1 is 1.00 bits per heavy atom. The van der Waals surface area contributed by atoms with Crippen molar-refractivity contribution in [2.24, 2.45) is 7.05 Å². The van der Waals surface area contributed by atoms with Gasteiger partial charge in [-0.05, 0) is 12.5 Å². The first-order valence-corrected chi connectivity index (χ1v) is 6.31. The summed E-state index contributed by atoms with van der Waals surface area (Å²) in [4.78, 5) is 0. The number of aryl methyl sites for hydroxylation is 2. The lowest BCUT2D eigenvalue weighted by atomic mass is 10.1. The quantitative estimate of drug-likeness (QED) is 0.710. The van der Waals surface area contributed by atoms with Crippen LogP contribution in [0.3, 0.4) is 0 Å². The van der Waals surface area contributed by atoms with Gasteiger partial charge in [0, 0.05) is 18.8 Å². The van der Waals surface area contributed by atoms with Gasteiger partial charge in [0.2, 0.25) is 0 Å². The molecule has 0 fully saturated rings. The van der Waals surface area contributed by atoms with E-state index in [0.717, 1.165) is 0 Å². The average molecular weight is 232 g/mol. The number of nitrogens with zero attached hydrogens (tertiary/aromatic N) is 2. The van der Waals surface area contributed by atoms with E-state index in [0.29, 0.717) is 0 Å². The Morgan fingerprint density at radius 2 is 1.65 bits per heavy atom. The first-order valence-electron chi connectivity index (χ1n) is 6.31. The lowest BCUT2D eigenvalue weighted by Gasteiger charge is -1.97. The molecule has 0 aliphatic heterocycles. The van der Waals surface area contributed by atoms with Crippen molar-refractivity contribution in [1.82, 2.24) is 9.78 Å². The molecule has 0 bridgehead atoms. The van der Waals surface area contributed by atoms with Crippen LogP contribution in [0.1, 0.15) is 33.3 Å². The summed E-state index contributed by atoms with van der Waals surface area (Å²) >= 11 is 0. The molecule has 2 heteroatoms. The zero-order valence-electron chi connectivity index (χ0n) is 11.9. The molecule has 0 N–H and O–H groups in total. The summed E-state index contributed by atoms with van der Waals surface area (Å²) in [6.07, 6.45) is 3.91. The number of hydrogen-bond donors (Lipinski definition) is 0. The summed E-state index contributed by atoms with van der Waals surface area (Å²) in [5, 5.41) is 4.14. The summed E-state index contributed by atoms with van der Waals surface area (Å²) in [5.74, 6) is 0. The topological polar surface area (TPSA) is 17.8 Å². The van der Waals surface area contributed by atoms with Crippen LogP contribution in [-0.2, 0) is 7.05 Å². The van der Waals surface area contributed by atoms with Crippen LogP contribution in [0.5, 0.6) is 0 Å². The Hall–Kier alpha value is -1.57. The van der Waals surface area contributed by atoms with E-state index in [1.165, 1.54) is 16.7 Å². The molecule has 2 aromatic rings. The predicted octanol–water partition coefficient (Wildman–Crippen LogP) is 4.45. The lowest BCUT2D eigenvalue weighted by molar-refractivity contribution is 0.768. The monoisotopic (exact) mass is 232 g/mol. The molecule has 0 spiro atoms. The van der Waals surface area contributed by atoms with E-state index >= 15 is 0 Å². The SMILES string of the molecule is CC.CC.Cc1cccc(-c2cnn(C)c2)c1. The van der Waals surface area contributed by atoms with Crippen LogP contribution in [0.25, 0.3) is 11.1 Å². The second-order valence-corrected chi connectivity index (χ2v) is 3.27. The third-order valence-corrected chi connectivity index (χ3v) is 2.06. The third-order valence-electron chi connectivity index (χ3n) is 2.06. The highest BCUT2D eigenvalue weighted by Crippen LogP contribution is 2.18. The molecule has 94 valence electrons. The first kappa shape index (κ1) is 15.4. The summed E-state index contributed by atoms with van der Waals surface area (Å²) < 4.78 is 1.82. The normalized spacial score (nSPS) is 8.59. The number of rotatable bonds is 1. The molecule has 1 aromatic carbocycles. The van der Waals surface area contributed by atoms with Crippen LogP contribution in [0.4, 0.5) is 0 Å². The number of benzene rings is 1. The number of hydrogen-bond acceptors (Lipinski definition) is 1. The summed E-state index contributed by atoms with van der Waals surface area (Å²) in [6.45, 7) is 10.1. The Bertz CT molecular complexity index is 416. The van der Waals surface area contributed by atoms with Gasteiger partial charge >= 0.3 is 0 Å². The highest BCUT2D eigenvalue weighted by molar-refractivity contribution is 5.62. The van der Waals surface area contributed by atoms with Crippen molar-refractivity contribution in [1.29, 1.82) is 0 Å². The standard InChI is InChI=1S/C11H12N2.2C2H6/c1-9-4-3-5-10(6-9)11-7-12-13(2)8-11;2*1-2/h3-8H,1-2H3;2*1-2H3. The average Bonchev–Trinajstić information content (AvgIpc) is 2.81. The van der Waals surface area contributed by atoms with Gasteiger partial charge in [0.25, 0.3) is 0 Å². The molecule has 2 rings (SSSR count). The molecule has 1 heterocycles. The second-order valence-electron chi connectivity index (χ2n) is 3.27. The van der Waals surface area contributed by atoms with Gasteiger partial charge in [-0.3, -0.25) is 4.68 Å². The number of aromatic nitrogens is 2. The Kier molecular flexibility index (Phi) is 7.78. The van der Waals surface area contributed by atoms with Crippen molar-refractivity contribution in [2.75, 3.05) is 0 Å². The predicted molar refractivity (Wildman–Crippen MR) is 76.1 cm³/mol. The van der Waals surface area contributed by atoms with Gasteiger partial charge < -0.3 is 0 Å². The molecule has 0 radical (unpaired) electrons. The van der Waals surface area contributed by atoms with Crippen LogP contribution in [0, 0.1) is 6.92 Å². The Labute approximate surface area is 105 Å². The van der Waals surface area contributed by atoms with Crippen LogP contribution >= 0.6 is 0 Å². The van der Waals surface area contributed by atoms with Crippen molar-refractivity contribution in [3.05, 3.63) is 42.2 Å². The van der Waals surface area contributed by atoms with Crippen molar-refractivity contribution >= 4 is 0 Å². The highest BCUT2D eigenvalue weighted by atomic mass is 15.2. The van der Waals surface area contributed by atoms with Crippen LogP contribution in [-0.4, -0.2) is 9.78 Å². The van der Waals surface area contributed by atoms with E-state index in [9.17, 15) is 0 Å². The summed E-state index contributed by atoms with van der Waals surface area (Å²) in [6, 6.07) is 8.43. The molecule has 0 saturated carbocycles. The molecule has 17 heavy (non-hydrogen) atoms. The van der Waals surface area contributed by atoms with Crippen molar-refractivity contribution < 1.29 is 0 Å². The van der Waals surface area contributed by atoms with E-state index in [-0.39, 0.29) is 0 Å². The smallest absolute Gasteiger partial charge is 0.0568 e. The van der Waals surface area contributed by atoms with Crippen molar-refractivity contribution in [2.45, 2.75) is 34.6 Å². The fourth-order valence-corrected chi connectivity index (χ4v) is 1.39. The molecule has 0 atom stereocenters. The summed E-state index contributed by atoms with van der Waals surface area (Å²) in [7, 11) is 1.93. The van der Waals surface area contributed by atoms with Crippen LogP contribution < -0.4 is 0 Å². The van der Waals surface area contributed by atoms with Gasteiger partial charge in [-0.25, -0.2) is 0 Å². The molecular formula is C15H24N2. The van der Waals surface area contributed by atoms with E-state index in [1.807, 2.05) is 51.8 Å². The Balaban J connectivity index is 0.000000581. The van der Waals surface area contributed by atoms with Gasteiger partial charge in [-0.1, -0.05) is 57.5 Å². The Morgan fingerprint density at radius 3 is 2.12 bits per heavy atom. The van der Waals surface area contributed by atoms with Gasteiger partial charge in [0.05, 0.1) is 6.20 Å². The molecule has 0 aliphatic carbocycles.